The predicted octanol–water partition coefficient (Wildman–Crippen LogP) is 3.61. The van der Waals surface area contributed by atoms with Crippen LogP contribution in [0.4, 0.5) is 0 Å². The number of ether oxygens (including phenoxy) is 1. The highest BCUT2D eigenvalue weighted by molar-refractivity contribution is 4.80. The van der Waals surface area contributed by atoms with Crippen LogP contribution in [0.1, 0.15) is 60.3 Å². The van der Waals surface area contributed by atoms with Crippen molar-refractivity contribution in [2.24, 2.45) is 5.41 Å². The lowest BCUT2D eigenvalue weighted by atomic mass is 9.81. The van der Waals surface area contributed by atoms with E-state index >= 15 is 0 Å². The van der Waals surface area contributed by atoms with Crippen molar-refractivity contribution in [2.75, 3.05) is 20.3 Å². The second kappa shape index (κ2) is 7.29. The lowest BCUT2D eigenvalue weighted by molar-refractivity contribution is 0.178. The number of methoxy groups -OCH3 is 1. The van der Waals surface area contributed by atoms with E-state index in [-0.39, 0.29) is 5.54 Å². The minimum absolute atomic E-state index is 0.225. The van der Waals surface area contributed by atoms with Crippen LogP contribution in [0.2, 0.25) is 0 Å². The molecule has 0 aliphatic carbocycles. The summed E-state index contributed by atoms with van der Waals surface area (Å²) in [5.41, 5.74) is 0.657. The first-order valence-corrected chi connectivity index (χ1v) is 6.57. The zero-order chi connectivity index (χ0) is 12.7. The van der Waals surface area contributed by atoms with E-state index in [4.69, 9.17) is 4.74 Å². The average molecular weight is 229 g/mol. The van der Waals surface area contributed by atoms with Gasteiger partial charge in [0.15, 0.2) is 0 Å². The molecule has 1 unspecified atom stereocenters. The van der Waals surface area contributed by atoms with E-state index in [9.17, 15) is 0 Å². The summed E-state index contributed by atoms with van der Waals surface area (Å²) in [6.07, 6.45) is 4.98. The summed E-state index contributed by atoms with van der Waals surface area (Å²) < 4.78 is 5.09. The molecule has 0 bridgehead atoms. The number of unbranched alkanes of at least 4 members (excludes halogenated alkanes) is 1. The summed E-state index contributed by atoms with van der Waals surface area (Å²) in [6, 6.07) is 0. The third-order valence-electron chi connectivity index (χ3n) is 3.28. The van der Waals surface area contributed by atoms with Crippen LogP contribution < -0.4 is 5.32 Å². The number of nitrogens with one attached hydrogen (secondary N) is 1. The minimum atomic E-state index is 0.225. The van der Waals surface area contributed by atoms with Crippen molar-refractivity contribution in [1.29, 1.82) is 0 Å². The molecule has 0 aromatic heterocycles. The zero-order valence-corrected chi connectivity index (χ0v) is 12.2. The summed E-state index contributed by atoms with van der Waals surface area (Å²) in [6.45, 7) is 13.4. The third kappa shape index (κ3) is 8.12. The van der Waals surface area contributed by atoms with Gasteiger partial charge in [0.05, 0.1) is 0 Å². The Bertz CT molecular complexity index is 174. The summed E-state index contributed by atoms with van der Waals surface area (Å²) >= 11 is 0. The van der Waals surface area contributed by atoms with Crippen LogP contribution in [0.5, 0.6) is 0 Å². The van der Waals surface area contributed by atoms with Crippen LogP contribution in [0, 0.1) is 5.41 Å². The molecule has 16 heavy (non-hydrogen) atoms. The van der Waals surface area contributed by atoms with Gasteiger partial charge in [-0.3, -0.25) is 0 Å². The largest absolute Gasteiger partial charge is 0.385 e. The SMILES string of the molecule is CCC(C)(CCCCOC)CNC(C)(C)C. The molecular formula is C14H31NO. The Hall–Kier alpha value is -0.0800. The second-order valence-corrected chi connectivity index (χ2v) is 6.22. The second-order valence-electron chi connectivity index (χ2n) is 6.22. The fourth-order valence-electron chi connectivity index (χ4n) is 1.67. The van der Waals surface area contributed by atoms with Crippen LogP contribution in [0.25, 0.3) is 0 Å². The van der Waals surface area contributed by atoms with Crippen molar-refractivity contribution in [3.05, 3.63) is 0 Å². The van der Waals surface area contributed by atoms with Gasteiger partial charge in [-0.1, -0.05) is 20.3 Å². The molecule has 0 aliphatic heterocycles. The summed E-state index contributed by atoms with van der Waals surface area (Å²) in [7, 11) is 1.78. The van der Waals surface area contributed by atoms with Crippen LogP contribution in [0.3, 0.4) is 0 Å². The predicted molar refractivity (Wildman–Crippen MR) is 71.9 cm³/mol. The summed E-state index contributed by atoms with van der Waals surface area (Å²) in [5.74, 6) is 0. The Labute approximate surface area is 102 Å². The van der Waals surface area contributed by atoms with Gasteiger partial charge in [0.2, 0.25) is 0 Å². The smallest absolute Gasteiger partial charge is 0.0462 e. The first-order valence-electron chi connectivity index (χ1n) is 6.57. The van der Waals surface area contributed by atoms with E-state index in [0.717, 1.165) is 13.2 Å². The number of rotatable bonds is 8. The van der Waals surface area contributed by atoms with Gasteiger partial charge in [-0.05, 0) is 45.4 Å². The highest BCUT2D eigenvalue weighted by atomic mass is 16.5. The molecule has 1 N–H and O–H groups in total. The Balaban J connectivity index is 3.91. The molecule has 98 valence electrons. The molecule has 0 aliphatic rings. The van der Waals surface area contributed by atoms with Crippen LogP contribution >= 0.6 is 0 Å². The van der Waals surface area contributed by atoms with Gasteiger partial charge in [-0.15, -0.1) is 0 Å². The molecule has 0 rings (SSSR count). The van der Waals surface area contributed by atoms with Crippen molar-refractivity contribution < 1.29 is 4.74 Å². The maximum atomic E-state index is 5.09. The first kappa shape index (κ1) is 15.9. The lowest BCUT2D eigenvalue weighted by Gasteiger charge is -2.33. The van der Waals surface area contributed by atoms with Gasteiger partial charge < -0.3 is 10.1 Å². The molecule has 0 amide bonds. The van der Waals surface area contributed by atoms with E-state index in [1.54, 1.807) is 7.11 Å². The van der Waals surface area contributed by atoms with Gasteiger partial charge in [-0.25, -0.2) is 0 Å². The standard InChI is InChI=1S/C14H31NO/c1-7-14(5,10-8-9-11-16-6)12-15-13(2,3)4/h15H,7-12H2,1-6H3. The van der Waals surface area contributed by atoms with Crippen molar-refractivity contribution >= 4 is 0 Å². The van der Waals surface area contributed by atoms with Crippen molar-refractivity contribution in [3.63, 3.8) is 0 Å². The van der Waals surface area contributed by atoms with Gasteiger partial charge in [-0.2, -0.15) is 0 Å². The maximum Gasteiger partial charge on any atom is 0.0462 e. The molecule has 0 spiro atoms. The topological polar surface area (TPSA) is 21.3 Å². The number of hydrogen-bond donors (Lipinski definition) is 1. The Kier molecular flexibility index (Phi) is 7.25. The Morgan fingerprint density at radius 2 is 1.69 bits per heavy atom. The van der Waals surface area contributed by atoms with Gasteiger partial charge in [0.25, 0.3) is 0 Å². The zero-order valence-electron chi connectivity index (χ0n) is 12.2. The molecule has 0 saturated carbocycles. The molecule has 2 heteroatoms. The summed E-state index contributed by atoms with van der Waals surface area (Å²) in [4.78, 5) is 0. The third-order valence-corrected chi connectivity index (χ3v) is 3.28. The van der Waals surface area contributed by atoms with Crippen molar-refractivity contribution in [2.45, 2.75) is 65.8 Å². The van der Waals surface area contributed by atoms with Crippen LogP contribution in [0.15, 0.2) is 0 Å². The van der Waals surface area contributed by atoms with Gasteiger partial charge in [0, 0.05) is 25.8 Å². The van der Waals surface area contributed by atoms with E-state index in [0.29, 0.717) is 5.41 Å². The van der Waals surface area contributed by atoms with E-state index in [1.165, 1.54) is 25.7 Å². The Morgan fingerprint density at radius 1 is 1.06 bits per heavy atom. The molecule has 0 aromatic rings. The molecular weight excluding hydrogens is 198 g/mol. The number of hydrogen-bond acceptors (Lipinski definition) is 2. The molecule has 1 atom stereocenters. The molecule has 0 saturated heterocycles. The molecule has 0 aromatic carbocycles. The highest BCUT2D eigenvalue weighted by Gasteiger charge is 2.23. The quantitative estimate of drug-likeness (QED) is 0.642. The van der Waals surface area contributed by atoms with Gasteiger partial charge in [0.1, 0.15) is 0 Å². The normalized spacial score (nSPS) is 16.1. The van der Waals surface area contributed by atoms with E-state index < -0.39 is 0 Å². The van der Waals surface area contributed by atoms with E-state index in [1.807, 2.05) is 0 Å². The fraction of sp³-hybridized carbons (Fsp3) is 1.00. The minimum Gasteiger partial charge on any atom is -0.385 e. The lowest BCUT2D eigenvalue weighted by Crippen LogP contribution is -2.42. The van der Waals surface area contributed by atoms with Crippen LogP contribution in [-0.2, 0) is 4.74 Å². The van der Waals surface area contributed by atoms with Crippen LogP contribution in [-0.4, -0.2) is 25.8 Å². The Morgan fingerprint density at radius 3 is 2.12 bits per heavy atom. The molecule has 0 heterocycles. The van der Waals surface area contributed by atoms with E-state index in [2.05, 4.69) is 39.9 Å². The van der Waals surface area contributed by atoms with Crippen molar-refractivity contribution in [1.82, 2.24) is 5.32 Å². The monoisotopic (exact) mass is 229 g/mol. The summed E-state index contributed by atoms with van der Waals surface area (Å²) in [5, 5.41) is 3.62. The van der Waals surface area contributed by atoms with Gasteiger partial charge >= 0.3 is 0 Å². The molecule has 0 fully saturated rings. The van der Waals surface area contributed by atoms with Crippen molar-refractivity contribution in [3.8, 4) is 0 Å². The highest BCUT2D eigenvalue weighted by Crippen LogP contribution is 2.27. The molecule has 0 radical (unpaired) electrons. The maximum absolute atomic E-state index is 5.09. The first-order chi connectivity index (χ1) is 7.33. The fourth-order valence-corrected chi connectivity index (χ4v) is 1.67. The molecule has 2 nitrogen and oxygen atoms in total. The average Bonchev–Trinajstić information content (AvgIpc) is 2.21.